The number of halogens is 1. The first-order chi connectivity index (χ1) is 10.2. The van der Waals surface area contributed by atoms with E-state index in [2.05, 4.69) is 11.4 Å². The van der Waals surface area contributed by atoms with Gasteiger partial charge in [-0.05, 0) is 47.5 Å². The Morgan fingerprint density at radius 2 is 2.10 bits per heavy atom. The second-order valence-electron chi connectivity index (χ2n) is 5.17. The normalized spacial score (nSPS) is 17.4. The Morgan fingerprint density at radius 3 is 3.00 bits per heavy atom. The number of carbonyl (C=O) groups excluding carboxylic acids is 1. The topological polar surface area (TPSA) is 38.3 Å². The Kier molecular flexibility index (Phi) is 2.76. The van der Waals surface area contributed by atoms with Crippen LogP contribution in [0.4, 0.5) is 5.69 Å². The molecule has 0 fully saturated rings. The molecule has 2 aliphatic rings. The maximum Gasteiger partial charge on any atom is 0.256 e. The van der Waals surface area contributed by atoms with E-state index in [-0.39, 0.29) is 5.91 Å². The van der Waals surface area contributed by atoms with E-state index < -0.39 is 0 Å². The van der Waals surface area contributed by atoms with Gasteiger partial charge in [0.25, 0.3) is 5.91 Å². The van der Waals surface area contributed by atoms with E-state index in [9.17, 15) is 4.79 Å². The lowest BCUT2D eigenvalue weighted by molar-refractivity contribution is -0.110. The van der Waals surface area contributed by atoms with Crippen molar-refractivity contribution in [3.05, 3.63) is 58.1 Å². The molecule has 0 unspecified atom stereocenters. The Morgan fingerprint density at radius 1 is 1.19 bits per heavy atom. The van der Waals surface area contributed by atoms with Crippen LogP contribution < -0.4 is 10.1 Å². The molecule has 0 radical (unpaired) electrons. The van der Waals surface area contributed by atoms with Crippen LogP contribution in [0.3, 0.4) is 0 Å². The number of carbonyl (C=O) groups is 1. The van der Waals surface area contributed by atoms with Gasteiger partial charge >= 0.3 is 0 Å². The lowest BCUT2D eigenvalue weighted by Crippen LogP contribution is -2.03. The predicted molar refractivity (Wildman–Crippen MR) is 83.6 cm³/mol. The zero-order valence-electron chi connectivity index (χ0n) is 11.2. The summed E-state index contributed by atoms with van der Waals surface area (Å²) in [6.45, 7) is 0.730. The van der Waals surface area contributed by atoms with E-state index in [1.54, 1.807) is 6.07 Å². The predicted octanol–water partition coefficient (Wildman–Crippen LogP) is 3.77. The fraction of sp³-hybridized carbons (Fsp3) is 0.118. The smallest absolute Gasteiger partial charge is 0.256 e. The highest BCUT2D eigenvalue weighted by molar-refractivity contribution is 6.36. The molecule has 21 heavy (non-hydrogen) atoms. The Hall–Kier alpha value is -2.26. The number of amides is 1. The molecule has 2 aromatic carbocycles. The molecule has 0 aliphatic carbocycles. The highest BCUT2D eigenvalue weighted by Crippen LogP contribution is 2.35. The van der Waals surface area contributed by atoms with Crippen LogP contribution in [0.25, 0.3) is 11.6 Å². The Bertz CT molecular complexity index is 795. The number of anilines is 1. The van der Waals surface area contributed by atoms with Gasteiger partial charge in [0.1, 0.15) is 5.75 Å². The van der Waals surface area contributed by atoms with Gasteiger partial charge in [0, 0.05) is 28.3 Å². The fourth-order valence-electron chi connectivity index (χ4n) is 2.77. The van der Waals surface area contributed by atoms with Crippen LogP contribution in [0, 0.1) is 0 Å². The molecule has 0 saturated carbocycles. The van der Waals surface area contributed by atoms with Crippen LogP contribution >= 0.6 is 11.6 Å². The van der Waals surface area contributed by atoms with E-state index in [4.69, 9.17) is 16.3 Å². The summed E-state index contributed by atoms with van der Waals surface area (Å²) in [5, 5.41) is 3.48. The molecule has 4 heteroatoms. The maximum atomic E-state index is 12.1. The molecule has 3 nitrogen and oxygen atoms in total. The molecule has 1 N–H and O–H groups in total. The van der Waals surface area contributed by atoms with Crippen LogP contribution in [-0.4, -0.2) is 12.5 Å². The fourth-order valence-corrected chi connectivity index (χ4v) is 2.94. The van der Waals surface area contributed by atoms with Crippen LogP contribution in [0.2, 0.25) is 5.02 Å². The first-order valence-corrected chi connectivity index (χ1v) is 7.17. The van der Waals surface area contributed by atoms with Gasteiger partial charge in [-0.25, -0.2) is 0 Å². The van der Waals surface area contributed by atoms with Gasteiger partial charge in [0.05, 0.1) is 6.61 Å². The minimum atomic E-state index is -0.0935. The number of benzene rings is 2. The molecular formula is C17H12ClNO2. The van der Waals surface area contributed by atoms with Gasteiger partial charge in [-0.3, -0.25) is 4.79 Å². The molecule has 0 saturated heterocycles. The number of nitrogens with one attached hydrogen (secondary N) is 1. The van der Waals surface area contributed by atoms with E-state index in [0.29, 0.717) is 10.6 Å². The minimum absolute atomic E-state index is 0.0935. The lowest BCUT2D eigenvalue weighted by atomic mass is 10.0. The molecule has 0 spiro atoms. The summed E-state index contributed by atoms with van der Waals surface area (Å²) in [5.41, 5.74) is 4.49. The molecule has 2 aromatic rings. The van der Waals surface area contributed by atoms with Crippen molar-refractivity contribution < 1.29 is 9.53 Å². The molecular weight excluding hydrogens is 286 g/mol. The van der Waals surface area contributed by atoms with Gasteiger partial charge < -0.3 is 10.1 Å². The van der Waals surface area contributed by atoms with E-state index in [1.165, 1.54) is 5.56 Å². The second kappa shape index (κ2) is 4.64. The third-order valence-corrected chi connectivity index (χ3v) is 4.02. The number of ether oxygens (including phenoxy) is 1. The Labute approximate surface area is 127 Å². The van der Waals surface area contributed by atoms with E-state index in [1.807, 2.05) is 30.3 Å². The molecule has 0 bridgehead atoms. The van der Waals surface area contributed by atoms with Gasteiger partial charge in [0.15, 0.2) is 0 Å². The number of rotatable bonds is 1. The number of hydrogen-bond donors (Lipinski definition) is 1. The summed E-state index contributed by atoms with van der Waals surface area (Å²) in [4.78, 5) is 12.1. The summed E-state index contributed by atoms with van der Waals surface area (Å²) in [6.07, 6.45) is 2.82. The third-order valence-electron chi connectivity index (χ3n) is 3.79. The molecule has 2 aliphatic heterocycles. The quantitative estimate of drug-likeness (QED) is 0.814. The van der Waals surface area contributed by atoms with Gasteiger partial charge in [-0.2, -0.15) is 0 Å². The zero-order chi connectivity index (χ0) is 14.4. The average molecular weight is 298 g/mol. The van der Waals surface area contributed by atoms with Crippen molar-refractivity contribution in [1.82, 2.24) is 0 Å². The second-order valence-corrected chi connectivity index (χ2v) is 5.60. The Balaban J connectivity index is 1.80. The van der Waals surface area contributed by atoms with Crippen molar-refractivity contribution in [3.8, 4) is 5.75 Å². The van der Waals surface area contributed by atoms with Crippen molar-refractivity contribution in [2.75, 3.05) is 11.9 Å². The van der Waals surface area contributed by atoms with Crippen LogP contribution in [0.5, 0.6) is 5.75 Å². The molecule has 4 rings (SSSR count). The van der Waals surface area contributed by atoms with Crippen LogP contribution in [0.1, 0.15) is 16.7 Å². The van der Waals surface area contributed by atoms with Gasteiger partial charge in [-0.15, -0.1) is 0 Å². The highest BCUT2D eigenvalue weighted by Gasteiger charge is 2.24. The first-order valence-electron chi connectivity index (χ1n) is 6.79. The molecule has 1 amide bonds. The molecule has 104 valence electrons. The van der Waals surface area contributed by atoms with E-state index >= 15 is 0 Å². The summed E-state index contributed by atoms with van der Waals surface area (Å²) < 4.78 is 5.50. The van der Waals surface area contributed by atoms with Crippen molar-refractivity contribution >= 4 is 34.8 Å². The summed E-state index contributed by atoms with van der Waals surface area (Å²) in [5.74, 6) is 0.848. The van der Waals surface area contributed by atoms with Crippen molar-refractivity contribution in [2.45, 2.75) is 6.42 Å². The highest BCUT2D eigenvalue weighted by atomic mass is 35.5. The number of hydrogen-bond acceptors (Lipinski definition) is 2. The summed E-state index contributed by atoms with van der Waals surface area (Å²) >= 11 is 6.03. The molecule has 0 atom stereocenters. The van der Waals surface area contributed by atoms with Crippen LogP contribution in [-0.2, 0) is 11.2 Å². The van der Waals surface area contributed by atoms with Crippen molar-refractivity contribution in [2.24, 2.45) is 0 Å². The van der Waals surface area contributed by atoms with Gasteiger partial charge in [0.2, 0.25) is 0 Å². The van der Waals surface area contributed by atoms with Gasteiger partial charge in [-0.1, -0.05) is 17.7 Å². The maximum absolute atomic E-state index is 12.1. The summed E-state index contributed by atoms with van der Waals surface area (Å²) in [6, 6.07) is 11.4. The standard InChI is InChI=1S/C17H12ClNO2/c18-12-2-3-15-13(9-12)14(17(20)19-15)8-10-1-4-16-11(7-10)5-6-21-16/h1-4,7-9H,5-6H2,(H,19,20)/b14-8-. The first kappa shape index (κ1) is 12.5. The third kappa shape index (κ3) is 2.10. The lowest BCUT2D eigenvalue weighted by Gasteiger charge is -2.02. The van der Waals surface area contributed by atoms with Crippen LogP contribution in [0.15, 0.2) is 36.4 Å². The molecule has 0 aromatic heterocycles. The largest absolute Gasteiger partial charge is 0.493 e. The summed E-state index contributed by atoms with van der Waals surface area (Å²) in [7, 11) is 0. The molecule has 2 heterocycles. The van der Waals surface area contributed by atoms with E-state index in [0.717, 1.165) is 35.6 Å². The van der Waals surface area contributed by atoms with Crippen molar-refractivity contribution in [3.63, 3.8) is 0 Å². The SMILES string of the molecule is O=C1Nc2ccc(Cl)cc2/C1=C/c1ccc2c(c1)CCO2. The van der Waals surface area contributed by atoms with Crippen molar-refractivity contribution in [1.29, 1.82) is 0 Å². The monoisotopic (exact) mass is 297 g/mol. The zero-order valence-corrected chi connectivity index (χ0v) is 11.9. The average Bonchev–Trinajstić information content (AvgIpc) is 3.04. The number of fused-ring (bicyclic) bond motifs is 2. The minimum Gasteiger partial charge on any atom is -0.493 e.